The molecular formula is C10H10F5N. The number of alkyl halides is 3. The molecule has 90 valence electrons. The van der Waals surface area contributed by atoms with Gasteiger partial charge in [-0.25, -0.2) is 8.78 Å². The van der Waals surface area contributed by atoms with Gasteiger partial charge >= 0.3 is 6.18 Å². The lowest BCUT2D eigenvalue weighted by atomic mass is 10.1. The highest BCUT2D eigenvalue weighted by Gasteiger charge is 2.25. The first kappa shape index (κ1) is 12.9. The van der Waals surface area contributed by atoms with Crippen molar-refractivity contribution in [3.63, 3.8) is 0 Å². The predicted molar refractivity (Wildman–Crippen MR) is 49.0 cm³/mol. The van der Waals surface area contributed by atoms with Gasteiger partial charge in [-0.1, -0.05) is 12.1 Å². The molecule has 1 N–H and O–H groups in total. The van der Waals surface area contributed by atoms with Crippen molar-refractivity contribution in [3.8, 4) is 0 Å². The summed E-state index contributed by atoms with van der Waals surface area (Å²) in [5.74, 6) is -2.00. The second-order valence-electron chi connectivity index (χ2n) is 3.25. The Morgan fingerprint density at radius 2 is 1.81 bits per heavy atom. The minimum absolute atomic E-state index is 0.0136. The van der Waals surface area contributed by atoms with Gasteiger partial charge in [0.05, 0.1) is 6.54 Å². The molecule has 1 nitrogen and oxygen atoms in total. The monoisotopic (exact) mass is 239 g/mol. The SMILES string of the molecule is Fc1cccc(CCNCC(F)(F)F)c1F. The highest BCUT2D eigenvalue weighted by Crippen LogP contribution is 2.13. The fourth-order valence-electron chi connectivity index (χ4n) is 1.19. The number of rotatable bonds is 4. The molecule has 1 aromatic carbocycles. The molecule has 0 saturated carbocycles. The molecule has 0 aliphatic carbocycles. The fraction of sp³-hybridized carbons (Fsp3) is 0.400. The van der Waals surface area contributed by atoms with E-state index in [9.17, 15) is 22.0 Å². The van der Waals surface area contributed by atoms with Gasteiger partial charge in [0.25, 0.3) is 0 Å². The predicted octanol–water partition coefficient (Wildman–Crippen LogP) is 2.66. The van der Waals surface area contributed by atoms with Gasteiger partial charge < -0.3 is 5.32 Å². The second-order valence-corrected chi connectivity index (χ2v) is 3.25. The lowest BCUT2D eigenvalue weighted by Crippen LogP contribution is -2.30. The highest BCUT2D eigenvalue weighted by molar-refractivity contribution is 5.19. The molecule has 6 heteroatoms. The van der Waals surface area contributed by atoms with Gasteiger partial charge in [0, 0.05) is 0 Å². The summed E-state index contributed by atoms with van der Waals surface area (Å²) in [6, 6.07) is 3.62. The maximum absolute atomic E-state index is 13.0. The van der Waals surface area contributed by atoms with Crippen molar-refractivity contribution < 1.29 is 22.0 Å². The Bertz CT molecular complexity index is 348. The summed E-state index contributed by atoms with van der Waals surface area (Å²) < 4.78 is 60.9. The van der Waals surface area contributed by atoms with Crippen LogP contribution in [-0.2, 0) is 6.42 Å². The van der Waals surface area contributed by atoms with Gasteiger partial charge in [0.2, 0.25) is 0 Å². The average molecular weight is 239 g/mol. The average Bonchev–Trinajstić information content (AvgIpc) is 2.17. The molecular weight excluding hydrogens is 229 g/mol. The molecule has 0 aliphatic rings. The molecule has 0 heterocycles. The van der Waals surface area contributed by atoms with Gasteiger partial charge in [0.15, 0.2) is 11.6 Å². The summed E-state index contributed by atoms with van der Waals surface area (Å²) >= 11 is 0. The highest BCUT2D eigenvalue weighted by atomic mass is 19.4. The van der Waals surface area contributed by atoms with Crippen LogP contribution in [0.2, 0.25) is 0 Å². The number of hydrogen-bond acceptors (Lipinski definition) is 1. The number of hydrogen-bond donors (Lipinski definition) is 1. The van der Waals surface area contributed by atoms with E-state index in [-0.39, 0.29) is 18.5 Å². The lowest BCUT2D eigenvalue weighted by Gasteiger charge is -2.08. The number of halogens is 5. The standard InChI is InChI=1S/C10H10F5N/c11-8-3-1-2-7(9(8)12)4-5-16-6-10(13,14)15/h1-3,16H,4-6H2. The van der Waals surface area contributed by atoms with E-state index >= 15 is 0 Å². The normalized spacial score (nSPS) is 11.8. The van der Waals surface area contributed by atoms with Gasteiger partial charge in [-0.2, -0.15) is 13.2 Å². The molecule has 16 heavy (non-hydrogen) atoms. The summed E-state index contributed by atoms with van der Waals surface area (Å²) in [6.07, 6.45) is -4.28. The van der Waals surface area contributed by atoms with E-state index in [0.717, 1.165) is 6.07 Å². The molecule has 1 aromatic rings. The molecule has 0 bridgehead atoms. The Morgan fingerprint density at radius 3 is 2.44 bits per heavy atom. The number of nitrogens with one attached hydrogen (secondary N) is 1. The van der Waals surface area contributed by atoms with E-state index in [1.807, 2.05) is 0 Å². The minimum atomic E-state index is -4.29. The molecule has 0 saturated heterocycles. The third-order valence-electron chi connectivity index (χ3n) is 1.93. The van der Waals surface area contributed by atoms with Gasteiger partial charge in [-0.05, 0) is 24.6 Å². The summed E-state index contributed by atoms with van der Waals surface area (Å²) in [5.41, 5.74) is 0.0645. The van der Waals surface area contributed by atoms with Gasteiger partial charge in [0.1, 0.15) is 0 Å². The van der Waals surface area contributed by atoms with E-state index < -0.39 is 24.4 Å². The first-order valence-corrected chi connectivity index (χ1v) is 4.60. The lowest BCUT2D eigenvalue weighted by molar-refractivity contribution is -0.124. The summed E-state index contributed by atoms with van der Waals surface area (Å²) in [6.45, 7) is -1.19. The van der Waals surface area contributed by atoms with E-state index in [0.29, 0.717) is 0 Å². The van der Waals surface area contributed by atoms with Crippen molar-refractivity contribution in [2.45, 2.75) is 12.6 Å². The van der Waals surface area contributed by atoms with Crippen LogP contribution in [0, 0.1) is 11.6 Å². The zero-order valence-electron chi connectivity index (χ0n) is 8.24. The zero-order chi connectivity index (χ0) is 12.2. The molecule has 1 rings (SSSR count). The van der Waals surface area contributed by atoms with Crippen molar-refractivity contribution >= 4 is 0 Å². The maximum Gasteiger partial charge on any atom is 0.401 e. The van der Waals surface area contributed by atoms with E-state index in [1.54, 1.807) is 0 Å². The van der Waals surface area contributed by atoms with Crippen LogP contribution in [0.5, 0.6) is 0 Å². The molecule has 0 aliphatic heterocycles. The molecule has 0 atom stereocenters. The van der Waals surface area contributed by atoms with Crippen molar-refractivity contribution in [1.82, 2.24) is 5.32 Å². The van der Waals surface area contributed by atoms with Crippen LogP contribution >= 0.6 is 0 Å². The molecule has 0 aromatic heterocycles. The van der Waals surface area contributed by atoms with Crippen LogP contribution in [0.1, 0.15) is 5.56 Å². The Morgan fingerprint density at radius 1 is 1.12 bits per heavy atom. The van der Waals surface area contributed by atoms with Crippen LogP contribution < -0.4 is 5.32 Å². The number of benzene rings is 1. The minimum Gasteiger partial charge on any atom is -0.308 e. The van der Waals surface area contributed by atoms with Crippen LogP contribution in [-0.4, -0.2) is 19.3 Å². The Hall–Kier alpha value is -1.17. The fourth-order valence-corrected chi connectivity index (χ4v) is 1.19. The molecule has 0 unspecified atom stereocenters. The zero-order valence-corrected chi connectivity index (χ0v) is 8.24. The van der Waals surface area contributed by atoms with E-state index in [2.05, 4.69) is 5.32 Å². The van der Waals surface area contributed by atoms with Crippen LogP contribution in [0.3, 0.4) is 0 Å². The third kappa shape index (κ3) is 4.14. The first-order chi connectivity index (χ1) is 7.40. The van der Waals surface area contributed by atoms with Crippen LogP contribution in [0.15, 0.2) is 18.2 Å². The first-order valence-electron chi connectivity index (χ1n) is 4.60. The van der Waals surface area contributed by atoms with Crippen molar-refractivity contribution in [2.75, 3.05) is 13.1 Å². The largest absolute Gasteiger partial charge is 0.401 e. The summed E-state index contributed by atoms with van der Waals surface area (Å²) in [4.78, 5) is 0. The Balaban J connectivity index is 2.41. The quantitative estimate of drug-likeness (QED) is 0.629. The van der Waals surface area contributed by atoms with E-state index in [1.165, 1.54) is 12.1 Å². The second kappa shape index (κ2) is 5.25. The third-order valence-corrected chi connectivity index (χ3v) is 1.93. The van der Waals surface area contributed by atoms with Gasteiger partial charge in [-0.15, -0.1) is 0 Å². The summed E-state index contributed by atoms with van der Waals surface area (Å²) in [7, 11) is 0. The smallest absolute Gasteiger partial charge is 0.308 e. The Kier molecular flexibility index (Phi) is 4.23. The Labute approximate surface area is 89.3 Å². The molecule has 0 fully saturated rings. The molecule has 0 amide bonds. The van der Waals surface area contributed by atoms with Crippen molar-refractivity contribution in [3.05, 3.63) is 35.4 Å². The van der Waals surface area contributed by atoms with Crippen molar-refractivity contribution in [1.29, 1.82) is 0 Å². The molecule has 0 radical (unpaired) electrons. The maximum atomic E-state index is 13.0. The van der Waals surface area contributed by atoms with E-state index in [4.69, 9.17) is 0 Å². The topological polar surface area (TPSA) is 12.0 Å². The van der Waals surface area contributed by atoms with Crippen LogP contribution in [0.4, 0.5) is 22.0 Å². The summed E-state index contributed by atoms with van der Waals surface area (Å²) in [5, 5.41) is 2.11. The van der Waals surface area contributed by atoms with Crippen molar-refractivity contribution in [2.24, 2.45) is 0 Å². The van der Waals surface area contributed by atoms with Gasteiger partial charge in [-0.3, -0.25) is 0 Å². The molecule has 0 spiro atoms. The van der Waals surface area contributed by atoms with Crippen LogP contribution in [0.25, 0.3) is 0 Å².